The van der Waals surface area contributed by atoms with Crippen LogP contribution < -0.4 is 9.80 Å². The quantitative estimate of drug-likeness (QED) is 0.130. The predicted molar refractivity (Wildman–Crippen MR) is 255 cm³/mol. The van der Waals surface area contributed by atoms with E-state index in [-0.39, 0.29) is 5.41 Å². The minimum atomic E-state index is -0.141. The van der Waals surface area contributed by atoms with Crippen LogP contribution >= 0.6 is 11.8 Å². The van der Waals surface area contributed by atoms with E-state index in [9.17, 15) is 0 Å². The molecule has 1 aliphatic carbocycles. The Bertz CT molecular complexity index is 3150. The lowest BCUT2D eigenvalue weighted by atomic mass is 9.81. The van der Waals surface area contributed by atoms with Crippen LogP contribution in [0.2, 0.25) is 0 Å². The number of anilines is 6. The molecule has 0 unspecified atom stereocenters. The van der Waals surface area contributed by atoms with Crippen molar-refractivity contribution in [1.29, 1.82) is 0 Å². The molecule has 0 N–H and O–H groups in total. The van der Waals surface area contributed by atoms with Crippen LogP contribution in [-0.4, -0.2) is 0 Å². The molecule has 9 aromatic rings. The highest BCUT2D eigenvalue weighted by Crippen LogP contribution is 2.55. The van der Waals surface area contributed by atoms with Gasteiger partial charge in [0.1, 0.15) is 0 Å². The highest BCUT2D eigenvalue weighted by atomic mass is 32.2. The summed E-state index contributed by atoms with van der Waals surface area (Å²) in [6.07, 6.45) is 6.63. The summed E-state index contributed by atoms with van der Waals surface area (Å²) in [7, 11) is 0. The fourth-order valence-corrected chi connectivity index (χ4v) is 11.1. The minimum Gasteiger partial charge on any atom is -0.310 e. The summed E-state index contributed by atoms with van der Waals surface area (Å²) in [5, 5.41) is 5.06. The Balaban J connectivity index is 0.842. The lowest BCUT2D eigenvalue weighted by molar-refractivity contribution is 0.660. The first kappa shape index (κ1) is 35.2. The van der Waals surface area contributed by atoms with Crippen molar-refractivity contribution in [1.82, 2.24) is 0 Å². The summed E-state index contributed by atoms with van der Waals surface area (Å²) in [5.41, 5.74) is 17.9. The van der Waals surface area contributed by atoms with Crippen LogP contribution in [0.1, 0.15) is 47.2 Å². The van der Waals surface area contributed by atoms with Crippen molar-refractivity contribution in [2.24, 2.45) is 0 Å². The standard InChI is InChI=1S/C57H42N2S/c1-57(2)49-34-38(22-30-47(49)48-32-28-44(36-50(48)57)59-53-15-7-9-17-55(53)60-56-18-10-8-16-54(56)59)20-19-37-21-29-45-41(33-37)25-26-42-35-43(27-31-46(42)45)58-51-13-5-3-11-39(51)23-24-40-12-4-6-14-52(40)58/h3-22,25-36H,23-24H2,1-2H3/b20-19+. The molecule has 2 heterocycles. The van der Waals surface area contributed by atoms with E-state index in [4.69, 9.17) is 0 Å². The lowest BCUT2D eigenvalue weighted by Crippen LogP contribution is -2.18. The molecule has 0 saturated carbocycles. The highest BCUT2D eigenvalue weighted by Gasteiger charge is 2.37. The van der Waals surface area contributed by atoms with E-state index in [1.807, 2.05) is 11.8 Å². The number of hydrogen-bond acceptors (Lipinski definition) is 3. The van der Waals surface area contributed by atoms with Crippen LogP contribution in [0.5, 0.6) is 0 Å². The van der Waals surface area contributed by atoms with Gasteiger partial charge < -0.3 is 9.80 Å². The van der Waals surface area contributed by atoms with Gasteiger partial charge in [-0.05, 0) is 146 Å². The topological polar surface area (TPSA) is 6.48 Å². The van der Waals surface area contributed by atoms with Gasteiger partial charge >= 0.3 is 0 Å². The smallest absolute Gasteiger partial charge is 0.0601 e. The third kappa shape index (κ3) is 5.57. The number of benzene rings is 9. The van der Waals surface area contributed by atoms with Gasteiger partial charge in [-0.3, -0.25) is 0 Å². The Morgan fingerprint density at radius 1 is 0.433 bits per heavy atom. The maximum atomic E-state index is 2.46. The van der Waals surface area contributed by atoms with Crippen molar-refractivity contribution in [3.05, 3.63) is 215 Å². The van der Waals surface area contributed by atoms with E-state index in [2.05, 4.69) is 218 Å². The number of aryl methyl sites for hydroxylation is 2. The molecule has 0 atom stereocenters. The Kier molecular flexibility index (Phi) is 7.98. The van der Waals surface area contributed by atoms with Crippen LogP contribution in [0.25, 0.3) is 44.8 Å². The van der Waals surface area contributed by atoms with Crippen molar-refractivity contribution < 1.29 is 0 Å². The normalized spacial score (nSPS) is 14.6. The first-order chi connectivity index (χ1) is 29.5. The van der Waals surface area contributed by atoms with Crippen molar-refractivity contribution in [3.8, 4) is 11.1 Å². The summed E-state index contributed by atoms with van der Waals surface area (Å²) < 4.78 is 0. The summed E-state index contributed by atoms with van der Waals surface area (Å²) in [6, 6.07) is 67.8. The summed E-state index contributed by atoms with van der Waals surface area (Å²) in [6.45, 7) is 4.76. The molecular weight excluding hydrogens is 745 g/mol. The van der Waals surface area contributed by atoms with Gasteiger partial charge in [0.15, 0.2) is 0 Å². The molecule has 3 heteroatoms. The Hall–Kier alpha value is -6.81. The van der Waals surface area contributed by atoms with Gasteiger partial charge in [-0.1, -0.05) is 153 Å². The van der Waals surface area contributed by atoms with Crippen LogP contribution in [0.4, 0.5) is 34.1 Å². The molecule has 0 spiro atoms. The molecule has 0 radical (unpaired) electrons. The third-order valence-electron chi connectivity index (χ3n) is 13.1. The molecule has 2 aliphatic heterocycles. The highest BCUT2D eigenvalue weighted by molar-refractivity contribution is 7.99. The van der Waals surface area contributed by atoms with Crippen LogP contribution in [0.3, 0.4) is 0 Å². The van der Waals surface area contributed by atoms with Crippen molar-refractivity contribution in [2.75, 3.05) is 9.80 Å². The van der Waals surface area contributed by atoms with Gasteiger partial charge in [-0.25, -0.2) is 0 Å². The Morgan fingerprint density at radius 3 is 1.57 bits per heavy atom. The van der Waals surface area contributed by atoms with E-state index < -0.39 is 0 Å². The van der Waals surface area contributed by atoms with E-state index in [0.29, 0.717) is 0 Å². The molecule has 0 bridgehead atoms. The fraction of sp³-hybridized carbons (Fsp3) is 0.0877. The zero-order chi connectivity index (χ0) is 40.0. The van der Waals surface area contributed by atoms with Gasteiger partial charge in [-0.2, -0.15) is 0 Å². The molecule has 0 aromatic heterocycles. The second-order valence-electron chi connectivity index (χ2n) is 16.9. The zero-order valence-electron chi connectivity index (χ0n) is 33.7. The third-order valence-corrected chi connectivity index (χ3v) is 14.2. The van der Waals surface area contributed by atoms with E-state index >= 15 is 0 Å². The fourth-order valence-electron chi connectivity index (χ4n) is 10.0. The van der Waals surface area contributed by atoms with Crippen LogP contribution in [0.15, 0.2) is 192 Å². The lowest BCUT2D eigenvalue weighted by Gasteiger charge is -2.33. The van der Waals surface area contributed by atoms with Crippen molar-refractivity contribution in [2.45, 2.75) is 41.9 Å². The Morgan fingerprint density at radius 2 is 0.900 bits per heavy atom. The van der Waals surface area contributed by atoms with E-state index in [1.165, 1.54) is 110 Å². The molecular formula is C57H42N2S. The van der Waals surface area contributed by atoms with Gasteiger partial charge in [0.05, 0.1) is 11.4 Å². The van der Waals surface area contributed by atoms with E-state index in [1.54, 1.807) is 0 Å². The average Bonchev–Trinajstić information content (AvgIpc) is 3.39. The van der Waals surface area contributed by atoms with Crippen molar-refractivity contribution >= 4 is 79.6 Å². The predicted octanol–water partition coefficient (Wildman–Crippen LogP) is 16.0. The second kappa shape index (κ2) is 13.6. The first-order valence-corrected chi connectivity index (χ1v) is 21.9. The summed E-state index contributed by atoms with van der Waals surface area (Å²) >= 11 is 1.85. The summed E-state index contributed by atoms with van der Waals surface area (Å²) in [4.78, 5) is 7.46. The van der Waals surface area contributed by atoms with Gasteiger partial charge in [0, 0.05) is 38.0 Å². The monoisotopic (exact) mass is 786 g/mol. The van der Waals surface area contributed by atoms with Crippen LogP contribution in [-0.2, 0) is 18.3 Å². The largest absolute Gasteiger partial charge is 0.310 e. The number of hydrogen-bond donors (Lipinski definition) is 0. The molecule has 3 aliphatic rings. The average molecular weight is 787 g/mol. The summed E-state index contributed by atoms with van der Waals surface area (Å²) in [5.74, 6) is 0. The second-order valence-corrected chi connectivity index (χ2v) is 18.0. The number of fused-ring (bicyclic) bond motifs is 10. The number of nitrogens with zero attached hydrogens (tertiary/aromatic N) is 2. The molecule has 0 amide bonds. The minimum absolute atomic E-state index is 0.141. The molecule has 9 aromatic carbocycles. The molecule has 0 fully saturated rings. The maximum absolute atomic E-state index is 2.46. The molecule has 12 rings (SSSR count). The van der Waals surface area contributed by atoms with Gasteiger partial charge in [-0.15, -0.1) is 0 Å². The first-order valence-electron chi connectivity index (χ1n) is 21.0. The zero-order valence-corrected chi connectivity index (χ0v) is 34.5. The van der Waals surface area contributed by atoms with Crippen molar-refractivity contribution in [3.63, 3.8) is 0 Å². The number of rotatable bonds is 4. The molecule has 2 nitrogen and oxygen atoms in total. The molecule has 286 valence electrons. The van der Waals surface area contributed by atoms with Crippen LogP contribution in [0, 0.1) is 0 Å². The maximum Gasteiger partial charge on any atom is 0.0601 e. The molecule has 0 saturated heterocycles. The van der Waals surface area contributed by atoms with Gasteiger partial charge in [0.25, 0.3) is 0 Å². The number of para-hydroxylation sites is 4. The SMILES string of the molecule is CC1(C)c2cc(/C=C/c3ccc4c(ccc5cc(N6c7ccccc7CCc7ccccc76)ccc54)c3)ccc2-c2ccc(N3c4ccccc4Sc4ccccc43)cc21. The Labute approximate surface area is 356 Å². The van der Waals surface area contributed by atoms with E-state index in [0.717, 1.165) is 12.8 Å². The van der Waals surface area contributed by atoms with Gasteiger partial charge in [0.2, 0.25) is 0 Å². The molecule has 60 heavy (non-hydrogen) atoms.